The maximum absolute atomic E-state index is 13.5. The highest BCUT2D eigenvalue weighted by molar-refractivity contribution is 6.35. The minimum Gasteiger partial charge on any atom is -0.506 e. The van der Waals surface area contributed by atoms with Crippen LogP contribution in [0.25, 0.3) is 0 Å². The molecule has 3 rings (SSSR count). The minimum atomic E-state index is -1.08. The van der Waals surface area contributed by atoms with Gasteiger partial charge in [-0.2, -0.15) is 5.06 Å². The van der Waals surface area contributed by atoms with Crippen molar-refractivity contribution in [2.24, 2.45) is 0 Å². The number of carbonyl (C=O) groups is 2. The Morgan fingerprint density at radius 3 is 2.31 bits per heavy atom. The van der Waals surface area contributed by atoms with Gasteiger partial charge in [0.1, 0.15) is 11.5 Å². The van der Waals surface area contributed by atoms with Gasteiger partial charge in [0.25, 0.3) is 11.8 Å². The van der Waals surface area contributed by atoms with Crippen molar-refractivity contribution < 1.29 is 24.6 Å². The van der Waals surface area contributed by atoms with E-state index in [2.05, 4.69) is 33.0 Å². The fraction of sp³-hybridized carbons (Fsp3) is 0.375. The molecule has 0 aliphatic carbocycles. The topological polar surface area (TPSA) is 99.1 Å². The summed E-state index contributed by atoms with van der Waals surface area (Å²) in [5.74, 6) is -1.45. The molecule has 0 fully saturated rings. The molecule has 0 aliphatic heterocycles. The standard InChI is InChI=1S/C32H37Cl3N2O5/c1-5-7-8-9-14-29(42-28-16-15-20(17-24(28)35)32(3,4)6-2)31(40)37(41)26-19-27(38)25(18-23(26)34)36-30(39)21-12-10-11-13-22(21)33/h10-13,15-19,29,38,41H,5-9,14H2,1-4H3,(H,36,39). The average Bonchev–Trinajstić information content (AvgIpc) is 2.96. The highest BCUT2D eigenvalue weighted by Gasteiger charge is 2.30. The van der Waals surface area contributed by atoms with E-state index >= 15 is 0 Å². The highest BCUT2D eigenvalue weighted by Crippen LogP contribution is 2.38. The molecule has 2 amide bonds. The molecular formula is C32H37Cl3N2O5. The van der Waals surface area contributed by atoms with Gasteiger partial charge >= 0.3 is 0 Å². The lowest BCUT2D eigenvalue weighted by atomic mass is 9.82. The van der Waals surface area contributed by atoms with Crippen molar-refractivity contribution in [3.63, 3.8) is 0 Å². The zero-order valence-corrected chi connectivity index (χ0v) is 26.5. The number of hydroxylamine groups is 1. The van der Waals surface area contributed by atoms with E-state index in [4.69, 9.17) is 39.5 Å². The van der Waals surface area contributed by atoms with Crippen molar-refractivity contribution in [1.29, 1.82) is 0 Å². The number of anilines is 2. The molecule has 7 nitrogen and oxygen atoms in total. The predicted molar refractivity (Wildman–Crippen MR) is 170 cm³/mol. The van der Waals surface area contributed by atoms with Gasteiger partial charge in [-0.25, -0.2) is 0 Å². The average molecular weight is 636 g/mol. The van der Waals surface area contributed by atoms with Gasteiger partial charge in [0.05, 0.1) is 32.0 Å². The number of hydrogen-bond acceptors (Lipinski definition) is 5. The van der Waals surface area contributed by atoms with Crippen LogP contribution < -0.4 is 15.1 Å². The molecule has 226 valence electrons. The lowest BCUT2D eigenvalue weighted by molar-refractivity contribution is -0.131. The van der Waals surface area contributed by atoms with Gasteiger partial charge in [-0.15, -0.1) is 0 Å². The number of rotatable bonds is 13. The van der Waals surface area contributed by atoms with Crippen LogP contribution >= 0.6 is 34.8 Å². The van der Waals surface area contributed by atoms with Crippen LogP contribution in [0.15, 0.2) is 54.6 Å². The normalized spacial score (nSPS) is 12.1. The Morgan fingerprint density at radius 1 is 0.952 bits per heavy atom. The van der Waals surface area contributed by atoms with Gasteiger partial charge in [-0.05, 0) is 60.6 Å². The minimum absolute atomic E-state index is 0.0243. The third-order valence-electron chi connectivity index (χ3n) is 7.33. The van der Waals surface area contributed by atoms with E-state index < -0.39 is 23.7 Å². The number of phenols is 1. The maximum Gasteiger partial charge on any atom is 0.291 e. The van der Waals surface area contributed by atoms with Gasteiger partial charge in [-0.3, -0.25) is 14.8 Å². The number of aromatic hydroxyl groups is 1. The molecule has 42 heavy (non-hydrogen) atoms. The summed E-state index contributed by atoms with van der Waals surface area (Å²) in [6.45, 7) is 8.43. The van der Waals surface area contributed by atoms with Crippen LogP contribution in [0.5, 0.6) is 11.5 Å². The Balaban J connectivity index is 1.84. The highest BCUT2D eigenvalue weighted by atomic mass is 35.5. The first kappa shape index (κ1) is 33.5. The van der Waals surface area contributed by atoms with Gasteiger partial charge in [0.15, 0.2) is 6.10 Å². The molecule has 0 spiro atoms. The number of phenolic OH excluding ortho intramolecular Hbond substituents is 1. The molecule has 0 saturated carbocycles. The molecule has 3 aromatic carbocycles. The Hall–Kier alpha value is -2.97. The Kier molecular flexibility index (Phi) is 11.9. The van der Waals surface area contributed by atoms with Gasteiger partial charge in [0.2, 0.25) is 0 Å². The summed E-state index contributed by atoms with van der Waals surface area (Å²) in [5, 5.41) is 25.0. The number of unbranched alkanes of at least 4 members (excludes halogenated alkanes) is 3. The first-order chi connectivity index (χ1) is 19.9. The molecule has 0 heterocycles. The smallest absolute Gasteiger partial charge is 0.291 e. The SMILES string of the molecule is CCCCCCC(Oc1ccc(C(C)(C)CC)cc1Cl)C(=O)N(O)c1cc(O)c(NC(=O)c2ccccc2Cl)cc1Cl. The number of nitrogens with zero attached hydrogens (tertiary/aromatic N) is 1. The van der Waals surface area contributed by atoms with Crippen molar-refractivity contribution in [3.05, 3.63) is 80.8 Å². The van der Waals surface area contributed by atoms with Crippen molar-refractivity contribution in [2.75, 3.05) is 10.4 Å². The van der Waals surface area contributed by atoms with Crippen LogP contribution in [0, 0.1) is 0 Å². The Labute approximate surface area is 262 Å². The van der Waals surface area contributed by atoms with E-state index in [0.29, 0.717) is 28.7 Å². The van der Waals surface area contributed by atoms with Crippen molar-refractivity contribution in [1.82, 2.24) is 0 Å². The second kappa shape index (κ2) is 15.0. The number of nitrogens with one attached hydrogen (secondary N) is 1. The van der Waals surface area contributed by atoms with Crippen LogP contribution in [0.3, 0.4) is 0 Å². The molecule has 3 aromatic rings. The Morgan fingerprint density at radius 2 is 1.67 bits per heavy atom. The summed E-state index contributed by atoms with van der Waals surface area (Å²) in [6.07, 6.45) is 3.73. The molecule has 0 aromatic heterocycles. The van der Waals surface area contributed by atoms with Crippen LogP contribution in [0.4, 0.5) is 11.4 Å². The van der Waals surface area contributed by atoms with Crippen molar-refractivity contribution >= 4 is 58.0 Å². The van der Waals surface area contributed by atoms with E-state index in [0.717, 1.165) is 37.3 Å². The third kappa shape index (κ3) is 8.32. The van der Waals surface area contributed by atoms with Gasteiger partial charge in [-0.1, -0.05) is 100.0 Å². The van der Waals surface area contributed by atoms with Crippen LogP contribution in [0.2, 0.25) is 15.1 Å². The van der Waals surface area contributed by atoms with Crippen LogP contribution in [-0.4, -0.2) is 28.2 Å². The molecule has 0 bridgehead atoms. The fourth-order valence-corrected chi connectivity index (χ4v) is 4.96. The molecule has 0 aliphatic rings. The molecule has 0 radical (unpaired) electrons. The first-order valence-electron chi connectivity index (χ1n) is 14.0. The summed E-state index contributed by atoms with van der Waals surface area (Å²) in [7, 11) is 0. The summed E-state index contributed by atoms with van der Waals surface area (Å²) in [6, 6.07) is 14.3. The summed E-state index contributed by atoms with van der Waals surface area (Å²) < 4.78 is 6.08. The lowest BCUT2D eigenvalue weighted by Crippen LogP contribution is -2.40. The molecule has 0 saturated heterocycles. The van der Waals surface area contributed by atoms with Crippen molar-refractivity contribution in [3.8, 4) is 11.5 Å². The molecule has 3 N–H and O–H groups in total. The molecule has 1 unspecified atom stereocenters. The second-order valence-electron chi connectivity index (χ2n) is 10.7. The van der Waals surface area contributed by atoms with Gasteiger partial charge in [0, 0.05) is 6.07 Å². The zero-order chi connectivity index (χ0) is 31.0. The van der Waals surface area contributed by atoms with E-state index in [1.54, 1.807) is 24.3 Å². The fourth-order valence-electron chi connectivity index (χ4n) is 4.27. The summed E-state index contributed by atoms with van der Waals surface area (Å²) in [5.41, 5.74) is 0.954. The second-order valence-corrected chi connectivity index (χ2v) is 12.0. The lowest BCUT2D eigenvalue weighted by Gasteiger charge is -2.26. The largest absolute Gasteiger partial charge is 0.506 e. The Bertz CT molecular complexity index is 1410. The predicted octanol–water partition coefficient (Wildman–Crippen LogP) is 9.43. The third-order valence-corrected chi connectivity index (χ3v) is 8.26. The molecular weight excluding hydrogens is 599 g/mol. The van der Waals surface area contributed by atoms with E-state index in [1.165, 1.54) is 12.1 Å². The number of carbonyl (C=O) groups excluding carboxylic acids is 2. The zero-order valence-electron chi connectivity index (χ0n) is 24.2. The van der Waals surface area contributed by atoms with Crippen LogP contribution in [0.1, 0.15) is 82.1 Å². The van der Waals surface area contributed by atoms with E-state index in [-0.39, 0.29) is 32.4 Å². The number of benzene rings is 3. The maximum atomic E-state index is 13.5. The number of ether oxygens (including phenoxy) is 1. The van der Waals surface area contributed by atoms with E-state index in [9.17, 15) is 19.9 Å². The molecule has 1 atom stereocenters. The number of amides is 2. The quantitative estimate of drug-likeness (QED) is 0.0752. The number of hydrogen-bond donors (Lipinski definition) is 3. The van der Waals surface area contributed by atoms with Gasteiger partial charge < -0.3 is 15.2 Å². The van der Waals surface area contributed by atoms with E-state index in [1.807, 2.05) is 12.1 Å². The first-order valence-corrected chi connectivity index (χ1v) is 15.1. The summed E-state index contributed by atoms with van der Waals surface area (Å²) >= 11 is 19.1. The summed E-state index contributed by atoms with van der Waals surface area (Å²) in [4.78, 5) is 26.2. The monoisotopic (exact) mass is 634 g/mol. The van der Waals surface area contributed by atoms with Crippen molar-refractivity contribution in [2.45, 2.75) is 77.7 Å². The number of halogens is 3. The molecule has 10 heteroatoms. The van der Waals surface area contributed by atoms with Crippen LogP contribution in [-0.2, 0) is 10.2 Å².